The van der Waals surface area contributed by atoms with Crippen LogP contribution in [0.25, 0.3) is 5.82 Å². The molecule has 128 valence electrons. The highest BCUT2D eigenvalue weighted by atomic mass is 16.6. The van der Waals surface area contributed by atoms with Gasteiger partial charge in [0, 0.05) is 25.1 Å². The van der Waals surface area contributed by atoms with Crippen LogP contribution in [-0.4, -0.2) is 31.5 Å². The van der Waals surface area contributed by atoms with Gasteiger partial charge in [0.05, 0.1) is 4.92 Å². The van der Waals surface area contributed by atoms with Crippen molar-refractivity contribution in [2.45, 2.75) is 20.3 Å². The van der Waals surface area contributed by atoms with E-state index >= 15 is 0 Å². The number of hydrogen-bond donors (Lipinski definition) is 0. The Kier molecular flexibility index (Phi) is 4.42. The molecule has 0 aliphatic heterocycles. The minimum atomic E-state index is -0.431. The lowest BCUT2D eigenvalue weighted by Gasteiger charge is -2.19. The molecule has 3 aromatic rings. The number of nitrogens with zero attached hydrogens (tertiary/aromatic N) is 6. The molecular formula is C17H18N6O2. The van der Waals surface area contributed by atoms with E-state index in [-0.39, 0.29) is 11.5 Å². The van der Waals surface area contributed by atoms with Crippen molar-refractivity contribution in [1.29, 1.82) is 0 Å². The van der Waals surface area contributed by atoms with Crippen LogP contribution in [0.1, 0.15) is 18.4 Å². The van der Waals surface area contributed by atoms with Crippen molar-refractivity contribution in [3.05, 3.63) is 64.4 Å². The number of aryl methyl sites for hydroxylation is 2. The van der Waals surface area contributed by atoms with Gasteiger partial charge in [-0.15, -0.1) is 0 Å². The second-order valence-electron chi connectivity index (χ2n) is 5.49. The van der Waals surface area contributed by atoms with Gasteiger partial charge in [0.1, 0.15) is 11.5 Å². The zero-order valence-corrected chi connectivity index (χ0v) is 14.2. The zero-order valence-electron chi connectivity index (χ0n) is 14.2. The van der Waals surface area contributed by atoms with Gasteiger partial charge in [-0.2, -0.15) is 4.98 Å². The molecule has 0 radical (unpaired) electrons. The first-order valence-corrected chi connectivity index (χ1v) is 7.87. The third kappa shape index (κ3) is 3.06. The van der Waals surface area contributed by atoms with Crippen molar-refractivity contribution in [1.82, 2.24) is 19.5 Å². The van der Waals surface area contributed by atoms with Crippen LogP contribution in [0.2, 0.25) is 0 Å². The molecule has 0 bridgehead atoms. The number of rotatable bonds is 5. The molecule has 3 rings (SSSR count). The Morgan fingerprint density at radius 3 is 2.52 bits per heavy atom. The molecule has 0 amide bonds. The normalized spacial score (nSPS) is 10.7. The summed E-state index contributed by atoms with van der Waals surface area (Å²) in [6.45, 7) is 3.62. The Balaban J connectivity index is 2.22. The minimum Gasteiger partial charge on any atom is -0.314 e. The predicted octanol–water partition coefficient (Wildman–Crippen LogP) is 3.21. The fourth-order valence-corrected chi connectivity index (χ4v) is 2.60. The third-order valence-corrected chi connectivity index (χ3v) is 3.94. The lowest BCUT2D eigenvalue weighted by Crippen LogP contribution is -2.17. The Bertz CT molecular complexity index is 907. The molecule has 25 heavy (non-hydrogen) atoms. The van der Waals surface area contributed by atoms with E-state index in [1.807, 2.05) is 44.3 Å². The van der Waals surface area contributed by atoms with Gasteiger partial charge in [0.25, 0.3) is 0 Å². The Morgan fingerprint density at radius 1 is 1.24 bits per heavy atom. The Labute approximate surface area is 144 Å². The van der Waals surface area contributed by atoms with Gasteiger partial charge < -0.3 is 4.90 Å². The van der Waals surface area contributed by atoms with Crippen LogP contribution >= 0.6 is 0 Å². The van der Waals surface area contributed by atoms with Crippen molar-refractivity contribution >= 4 is 17.3 Å². The lowest BCUT2D eigenvalue weighted by atomic mass is 10.2. The Hall–Kier alpha value is -3.29. The average Bonchev–Trinajstić information content (AvgIpc) is 3.06. The van der Waals surface area contributed by atoms with Gasteiger partial charge in [-0.25, -0.2) is 9.97 Å². The predicted molar refractivity (Wildman–Crippen MR) is 94.4 cm³/mol. The lowest BCUT2D eigenvalue weighted by molar-refractivity contribution is -0.385. The van der Waals surface area contributed by atoms with Crippen molar-refractivity contribution in [2.24, 2.45) is 0 Å². The topological polar surface area (TPSA) is 90.0 Å². The summed E-state index contributed by atoms with van der Waals surface area (Å²) in [6.07, 6.45) is 3.68. The third-order valence-electron chi connectivity index (χ3n) is 3.94. The SMILES string of the molecule is CCc1nc(N(C)c2ccccc2)nc(-n2ccnc2C)c1[N+](=O)[O-]. The van der Waals surface area contributed by atoms with Crippen LogP contribution in [-0.2, 0) is 6.42 Å². The molecule has 0 atom stereocenters. The summed E-state index contributed by atoms with van der Waals surface area (Å²) < 4.78 is 1.61. The number of nitro groups is 1. The van der Waals surface area contributed by atoms with Gasteiger partial charge in [-0.05, 0) is 25.5 Å². The summed E-state index contributed by atoms with van der Waals surface area (Å²) in [6, 6.07) is 9.61. The monoisotopic (exact) mass is 338 g/mol. The van der Waals surface area contributed by atoms with Crippen molar-refractivity contribution < 1.29 is 4.92 Å². The number of aromatic nitrogens is 4. The highest BCUT2D eigenvalue weighted by molar-refractivity contribution is 5.61. The van der Waals surface area contributed by atoms with E-state index in [1.54, 1.807) is 28.8 Å². The molecule has 8 nitrogen and oxygen atoms in total. The molecule has 2 heterocycles. The standard InChI is InChI=1S/C17H18N6O2/c1-4-14-15(23(24)25)16(22-11-10-18-12(22)2)20-17(19-14)21(3)13-8-6-5-7-9-13/h5-11H,4H2,1-3H3. The second kappa shape index (κ2) is 6.68. The molecule has 0 spiro atoms. The summed E-state index contributed by atoms with van der Waals surface area (Å²) >= 11 is 0. The van der Waals surface area contributed by atoms with Gasteiger partial charge in [0.2, 0.25) is 11.8 Å². The second-order valence-corrected chi connectivity index (χ2v) is 5.49. The van der Waals surface area contributed by atoms with Crippen LogP contribution < -0.4 is 4.90 Å². The summed E-state index contributed by atoms with van der Waals surface area (Å²) in [4.78, 5) is 26.1. The summed E-state index contributed by atoms with van der Waals surface area (Å²) in [7, 11) is 1.83. The summed E-state index contributed by atoms with van der Waals surface area (Å²) in [5, 5.41) is 11.6. The number of anilines is 2. The fourth-order valence-electron chi connectivity index (χ4n) is 2.60. The van der Waals surface area contributed by atoms with Crippen LogP contribution in [0, 0.1) is 17.0 Å². The highest BCUT2D eigenvalue weighted by Gasteiger charge is 2.26. The molecule has 0 fully saturated rings. The number of para-hydroxylation sites is 1. The summed E-state index contributed by atoms with van der Waals surface area (Å²) in [5.74, 6) is 1.25. The summed E-state index contributed by atoms with van der Waals surface area (Å²) in [5.41, 5.74) is 1.20. The van der Waals surface area contributed by atoms with E-state index in [0.29, 0.717) is 23.9 Å². The van der Waals surface area contributed by atoms with Crippen LogP contribution in [0.15, 0.2) is 42.7 Å². The molecule has 0 N–H and O–H groups in total. The highest BCUT2D eigenvalue weighted by Crippen LogP contribution is 2.30. The molecule has 0 saturated heterocycles. The zero-order chi connectivity index (χ0) is 18.0. The van der Waals surface area contributed by atoms with Gasteiger partial charge in [0.15, 0.2) is 0 Å². The first-order chi connectivity index (χ1) is 12.0. The molecular weight excluding hydrogens is 320 g/mol. The van der Waals surface area contributed by atoms with Crippen LogP contribution in [0.4, 0.5) is 17.3 Å². The minimum absolute atomic E-state index is 0.0891. The van der Waals surface area contributed by atoms with Gasteiger partial charge in [-0.3, -0.25) is 14.7 Å². The molecule has 0 aliphatic rings. The maximum absolute atomic E-state index is 11.6. The average molecular weight is 338 g/mol. The first kappa shape index (κ1) is 16.6. The first-order valence-electron chi connectivity index (χ1n) is 7.87. The smallest absolute Gasteiger partial charge is 0.314 e. The maximum atomic E-state index is 11.6. The van der Waals surface area contributed by atoms with E-state index in [9.17, 15) is 10.1 Å². The van der Waals surface area contributed by atoms with Crippen LogP contribution in [0.3, 0.4) is 0 Å². The molecule has 0 saturated carbocycles. The molecule has 1 aromatic carbocycles. The van der Waals surface area contributed by atoms with E-state index in [0.717, 1.165) is 5.69 Å². The largest absolute Gasteiger partial charge is 0.333 e. The van der Waals surface area contributed by atoms with E-state index < -0.39 is 4.92 Å². The molecule has 8 heteroatoms. The van der Waals surface area contributed by atoms with Crippen molar-refractivity contribution in [3.8, 4) is 5.82 Å². The van der Waals surface area contributed by atoms with Crippen molar-refractivity contribution in [2.75, 3.05) is 11.9 Å². The van der Waals surface area contributed by atoms with Crippen LogP contribution in [0.5, 0.6) is 0 Å². The number of hydrogen-bond acceptors (Lipinski definition) is 6. The maximum Gasteiger partial charge on any atom is 0.333 e. The number of benzene rings is 1. The van der Waals surface area contributed by atoms with Crippen molar-refractivity contribution in [3.63, 3.8) is 0 Å². The number of imidazole rings is 1. The van der Waals surface area contributed by atoms with E-state index in [4.69, 9.17) is 0 Å². The van der Waals surface area contributed by atoms with E-state index in [1.165, 1.54) is 0 Å². The quantitative estimate of drug-likeness (QED) is 0.524. The van der Waals surface area contributed by atoms with E-state index in [2.05, 4.69) is 15.0 Å². The molecule has 0 aliphatic carbocycles. The molecule has 2 aromatic heterocycles. The van der Waals surface area contributed by atoms with Gasteiger partial charge in [-0.1, -0.05) is 25.1 Å². The molecule has 0 unspecified atom stereocenters. The van der Waals surface area contributed by atoms with Gasteiger partial charge >= 0.3 is 5.69 Å². The Morgan fingerprint density at radius 2 is 1.96 bits per heavy atom. The fraction of sp³-hybridized carbons (Fsp3) is 0.235.